The van der Waals surface area contributed by atoms with Crippen LogP contribution >= 0.6 is 0 Å². The molecule has 2 saturated heterocycles. The molecule has 0 radical (unpaired) electrons. The molecule has 2 aliphatic heterocycles. The summed E-state index contributed by atoms with van der Waals surface area (Å²) in [4.78, 5) is 0. The average Bonchev–Trinajstić information content (AvgIpc) is 2.30. The third-order valence-electron chi connectivity index (χ3n) is 3.86. The van der Waals surface area contributed by atoms with Crippen LogP contribution in [-0.2, 0) is 10.2 Å². The number of nitrogens with zero attached hydrogens (tertiary/aromatic N) is 2. The van der Waals surface area contributed by atoms with Crippen molar-refractivity contribution in [3.8, 4) is 0 Å². The minimum Gasteiger partial charge on any atom is -0.328 e. The van der Waals surface area contributed by atoms with Gasteiger partial charge in [0, 0.05) is 31.7 Å². The Balaban J connectivity index is 2.07. The van der Waals surface area contributed by atoms with Gasteiger partial charge in [0.1, 0.15) is 0 Å². The van der Waals surface area contributed by atoms with Crippen molar-refractivity contribution >= 4 is 10.2 Å². The summed E-state index contributed by atoms with van der Waals surface area (Å²) in [6.07, 6.45) is 4.66. The van der Waals surface area contributed by atoms with Gasteiger partial charge in [-0.3, -0.25) is 0 Å². The van der Waals surface area contributed by atoms with Gasteiger partial charge in [-0.05, 0) is 32.6 Å². The average molecular weight is 261 g/mol. The van der Waals surface area contributed by atoms with E-state index in [1.807, 2.05) is 6.92 Å². The Morgan fingerprint density at radius 3 is 2.29 bits per heavy atom. The lowest BCUT2D eigenvalue weighted by molar-refractivity contribution is 0.231. The van der Waals surface area contributed by atoms with Crippen LogP contribution < -0.4 is 5.73 Å². The molecule has 6 heteroatoms. The van der Waals surface area contributed by atoms with Crippen molar-refractivity contribution in [1.29, 1.82) is 0 Å². The molecule has 0 aliphatic carbocycles. The van der Waals surface area contributed by atoms with Crippen LogP contribution in [0.25, 0.3) is 0 Å². The van der Waals surface area contributed by atoms with Gasteiger partial charge in [-0.25, -0.2) is 0 Å². The van der Waals surface area contributed by atoms with Gasteiger partial charge in [-0.1, -0.05) is 6.42 Å². The van der Waals surface area contributed by atoms with Crippen LogP contribution in [0.5, 0.6) is 0 Å². The minimum atomic E-state index is -3.25. The molecule has 2 aliphatic rings. The number of hydrogen-bond donors (Lipinski definition) is 1. The maximum absolute atomic E-state index is 12.5. The highest BCUT2D eigenvalue weighted by atomic mass is 32.2. The maximum atomic E-state index is 12.5. The Bertz CT molecular complexity index is 350. The predicted molar refractivity (Wildman–Crippen MR) is 67.7 cm³/mol. The Hall–Kier alpha value is -0.170. The zero-order chi connectivity index (χ0) is 12.5. The summed E-state index contributed by atoms with van der Waals surface area (Å²) in [7, 11) is -3.25. The van der Waals surface area contributed by atoms with Crippen molar-refractivity contribution < 1.29 is 8.42 Å². The molecule has 0 aromatic rings. The van der Waals surface area contributed by atoms with Gasteiger partial charge < -0.3 is 5.73 Å². The molecule has 100 valence electrons. The van der Waals surface area contributed by atoms with Crippen molar-refractivity contribution in [2.45, 2.75) is 51.1 Å². The van der Waals surface area contributed by atoms with E-state index in [1.54, 1.807) is 8.61 Å². The maximum Gasteiger partial charge on any atom is 0.282 e. The zero-order valence-corrected chi connectivity index (χ0v) is 11.3. The molecule has 0 bridgehead atoms. The summed E-state index contributed by atoms with van der Waals surface area (Å²) < 4.78 is 28.2. The van der Waals surface area contributed by atoms with Gasteiger partial charge >= 0.3 is 0 Å². The van der Waals surface area contributed by atoms with Gasteiger partial charge in [0.05, 0.1) is 0 Å². The van der Waals surface area contributed by atoms with Crippen molar-refractivity contribution in [2.24, 2.45) is 5.73 Å². The fourth-order valence-corrected chi connectivity index (χ4v) is 4.56. The molecule has 1 atom stereocenters. The summed E-state index contributed by atoms with van der Waals surface area (Å²) in [5, 5.41) is 0. The Kier molecular flexibility index (Phi) is 4.07. The van der Waals surface area contributed by atoms with Gasteiger partial charge in [-0.2, -0.15) is 17.0 Å². The molecular weight excluding hydrogens is 238 g/mol. The molecule has 0 amide bonds. The summed E-state index contributed by atoms with van der Waals surface area (Å²) >= 11 is 0. The first kappa shape index (κ1) is 13.3. The first-order valence-electron chi connectivity index (χ1n) is 6.54. The second-order valence-corrected chi connectivity index (χ2v) is 7.08. The Morgan fingerprint density at radius 1 is 1.06 bits per heavy atom. The quantitative estimate of drug-likeness (QED) is 0.788. The van der Waals surface area contributed by atoms with E-state index in [4.69, 9.17) is 5.73 Å². The van der Waals surface area contributed by atoms with Crippen LogP contribution in [0.4, 0.5) is 0 Å². The molecule has 2 N–H and O–H groups in total. The Labute approximate surface area is 104 Å². The smallest absolute Gasteiger partial charge is 0.282 e. The van der Waals surface area contributed by atoms with Crippen molar-refractivity contribution in [1.82, 2.24) is 8.61 Å². The van der Waals surface area contributed by atoms with Gasteiger partial charge in [0.25, 0.3) is 10.2 Å². The highest BCUT2D eigenvalue weighted by Gasteiger charge is 2.35. The van der Waals surface area contributed by atoms with E-state index in [-0.39, 0.29) is 12.1 Å². The van der Waals surface area contributed by atoms with Crippen LogP contribution in [0.3, 0.4) is 0 Å². The molecule has 5 nitrogen and oxygen atoms in total. The molecule has 0 saturated carbocycles. The van der Waals surface area contributed by atoms with E-state index in [0.717, 1.165) is 32.1 Å². The van der Waals surface area contributed by atoms with E-state index < -0.39 is 10.2 Å². The number of piperidine rings is 2. The van der Waals surface area contributed by atoms with Gasteiger partial charge in [0.15, 0.2) is 0 Å². The number of nitrogens with two attached hydrogens (primary N) is 1. The largest absolute Gasteiger partial charge is 0.328 e. The molecular formula is C11H23N3O2S. The molecule has 2 heterocycles. The summed E-state index contributed by atoms with van der Waals surface area (Å²) in [5.41, 5.74) is 5.81. The van der Waals surface area contributed by atoms with E-state index in [9.17, 15) is 8.42 Å². The Morgan fingerprint density at radius 2 is 1.71 bits per heavy atom. The fourth-order valence-electron chi connectivity index (χ4n) is 2.67. The van der Waals surface area contributed by atoms with Crippen molar-refractivity contribution in [3.63, 3.8) is 0 Å². The van der Waals surface area contributed by atoms with Crippen molar-refractivity contribution in [2.75, 3.05) is 19.6 Å². The van der Waals surface area contributed by atoms with E-state index >= 15 is 0 Å². The topological polar surface area (TPSA) is 66.6 Å². The predicted octanol–water partition coefficient (Wildman–Crippen LogP) is 0.529. The summed E-state index contributed by atoms with van der Waals surface area (Å²) in [6.45, 7) is 3.83. The molecule has 17 heavy (non-hydrogen) atoms. The summed E-state index contributed by atoms with van der Waals surface area (Å²) in [6, 6.07) is 0.310. The molecule has 0 spiro atoms. The minimum absolute atomic E-state index is 0.143. The van der Waals surface area contributed by atoms with Gasteiger partial charge in [-0.15, -0.1) is 0 Å². The standard InChI is InChI=1S/C11H23N3O2S/c1-10-4-2-3-7-14(10)17(15,16)13-8-5-11(12)6-9-13/h10-11H,2-9,12H2,1H3/t10-/m1/s1. The lowest BCUT2D eigenvalue weighted by atomic mass is 10.1. The highest BCUT2D eigenvalue weighted by molar-refractivity contribution is 7.86. The van der Waals surface area contributed by atoms with Crippen LogP contribution in [-0.4, -0.2) is 48.7 Å². The van der Waals surface area contributed by atoms with E-state index in [0.29, 0.717) is 19.6 Å². The number of rotatable bonds is 2. The highest BCUT2D eigenvalue weighted by Crippen LogP contribution is 2.24. The molecule has 0 aromatic heterocycles. The first-order chi connectivity index (χ1) is 8.01. The van der Waals surface area contributed by atoms with Crippen molar-refractivity contribution in [3.05, 3.63) is 0 Å². The van der Waals surface area contributed by atoms with E-state index in [2.05, 4.69) is 0 Å². The summed E-state index contributed by atoms with van der Waals surface area (Å²) in [5.74, 6) is 0. The molecule has 0 aromatic carbocycles. The zero-order valence-electron chi connectivity index (χ0n) is 10.5. The van der Waals surface area contributed by atoms with Crippen LogP contribution in [0.1, 0.15) is 39.0 Å². The SMILES string of the molecule is C[C@@H]1CCCCN1S(=O)(=O)N1CCC(N)CC1. The second-order valence-electron chi connectivity index (χ2n) is 5.20. The van der Waals surface area contributed by atoms with Crippen LogP contribution in [0, 0.1) is 0 Å². The molecule has 0 unspecified atom stereocenters. The lowest BCUT2D eigenvalue weighted by Crippen LogP contribution is -2.52. The van der Waals surface area contributed by atoms with E-state index in [1.165, 1.54) is 0 Å². The van der Waals surface area contributed by atoms with Crippen LogP contribution in [0.15, 0.2) is 0 Å². The fraction of sp³-hybridized carbons (Fsp3) is 1.00. The van der Waals surface area contributed by atoms with Crippen LogP contribution in [0.2, 0.25) is 0 Å². The molecule has 2 fully saturated rings. The third-order valence-corrected chi connectivity index (χ3v) is 6.02. The number of hydrogen-bond acceptors (Lipinski definition) is 3. The lowest BCUT2D eigenvalue weighted by Gasteiger charge is -2.38. The third kappa shape index (κ3) is 2.81. The van der Waals surface area contributed by atoms with Gasteiger partial charge in [0.2, 0.25) is 0 Å². The second kappa shape index (κ2) is 5.22. The monoisotopic (exact) mass is 261 g/mol. The molecule has 2 rings (SSSR count). The first-order valence-corrected chi connectivity index (χ1v) is 7.94. The normalized spacial score (nSPS) is 30.6.